The van der Waals surface area contributed by atoms with Crippen molar-refractivity contribution >= 4 is 28.4 Å². The lowest BCUT2D eigenvalue weighted by Gasteiger charge is -2.06. The Labute approximate surface area is 183 Å². The van der Waals surface area contributed by atoms with E-state index in [1.165, 1.54) is 19.2 Å². The zero-order valence-electron chi connectivity index (χ0n) is 17.3. The number of carbonyl (C=O) groups excluding carboxylic acids is 3. The van der Waals surface area contributed by atoms with E-state index in [-0.39, 0.29) is 37.9 Å². The predicted octanol–water partition coefficient (Wildman–Crippen LogP) is 0.467. The molecule has 1 aromatic rings. The van der Waals surface area contributed by atoms with Gasteiger partial charge >= 0.3 is 18.3 Å². The number of aliphatic hydroxyl groups is 1. The zero-order valence-corrected chi connectivity index (χ0v) is 18.1. The third kappa shape index (κ3) is 10.9. The molecule has 0 spiro atoms. The second-order valence-corrected chi connectivity index (χ2v) is 7.61. The van der Waals surface area contributed by atoms with Crippen LogP contribution in [-0.4, -0.2) is 88.7 Å². The van der Waals surface area contributed by atoms with Gasteiger partial charge in [-0.05, 0) is 19.1 Å². The summed E-state index contributed by atoms with van der Waals surface area (Å²) in [7, 11) is -2.63. The summed E-state index contributed by atoms with van der Waals surface area (Å²) in [5.41, 5.74) is 0.956. The van der Waals surface area contributed by atoms with E-state index >= 15 is 0 Å². The van der Waals surface area contributed by atoms with Crippen molar-refractivity contribution < 1.29 is 60.9 Å². The summed E-state index contributed by atoms with van der Waals surface area (Å²) in [5.74, 6) is -0.495. The van der Waals surface area contributed by atoms with E-state index in [1.54, 1.807) is 12.1 Å². The highest BCUT2D eigenvalue weighted by molar-refractivity contribution is 7.85. The van der Waals surface area contributed by atoms with Crippen molar-refractivity contribution in [2.45, 2.75) is 24.0 Å². The van der Waals surface area contributed by atoms with Crippen LogP contribution < -0.4 is 0 Å². The Hall–Kier alpha value is -2.94. The van der Waals surface area contributed by atoms with Crippen LogP contribution in [0.5, 0.6) is 0 Å². The number of hydrogen-bond donors (Lipinski definition) is 2. The monoisotopic (exact) mass is 480 g/mol. The molecule has 0 radical (unpaired) electrons. The molecule has 0 saturated carbocycles. The number of methoxy groups -OCH3 is 1. The van der Waals surface area contributed by atoms with Gasteiger partial charge in [-0.2, -0.15) is 8.42 Å². The highest BCUT2D eigenvalue weighted by atomic mass is 32.2. The van der Waals surface area contributed by atoms with Crippen molar-refractivity contribution in [2.24, 2.45) is 0 Å². The minimum absolute atomic E-state index is 0.00787. The lowest BCUT2D eigenvalue weighted by Crippen LogP contribution is -2.22. The van der Waals surface area contributed by atoms with E-state index in [1.807, 2.05) is 6.92 Å². The van der Waals surface area contributed by atoms with Gasteiger partial charge in [0.05, 0.1) is 11.5 Å². The highest BCUT2D eigenvalue weighted by Gasteiger charge is 2.26. The molecule has 2 fully saturated rings. The minimum Gasteiger partial charge on any atom is -0.460 e. The van der Waals surface area contributed by atoms with E-state index in [2.05, 4.69) is 23.7 Å². The summed E-state index contributed by atoms with van der Waals surface area (Å²) in [6.07, 6.45) is -2.35. The van der Waals surface area contributed by atoms with E-state index in [9.17, 15) is 22.8 Å². The molecule has 2 atom stereocenters. The van der Waals surface area contributed by atoms with E-state index < -0.39 is 40.6 Å². The minimum atomic E-state index is -4.02. The standard InChI is InChI=1S/C7H10O6.C7H8O3S.C4H6O4/c1-10-4-6(8)11-2-5-3-12-7(9)13-5;1-6-2-4-7(5-3-6)11(8,9)10;5-1-3-2-7-4(6)8-3/h5H,2-4H2,1H3;2-5H,1H3,(H,8,9,10);3,5H,1-2H2. The molecule has 2 heterocycles. The Balaban J connectivity index is 0.000000247. The second kappa shape index (κ2) is 13.5. The summed E-state index contributed by atoms with van der Waals surface area (Å²) in [6, 6.07) is 5.99. The van der Waals surface area contributed by atoms with Crippen LogP contribution >= 0.6 is 0 Å². The van der Waals surface area contributed by atoms with Gasteiger partial charge in [-0.15, -0.1) is 0 Å². The predicted molar refractivity (Wildman–Crippen MR) is 103 cm³/mol. The average Bonchev–Trinajstić information content (AvgIpc) is 3.35. The molecule has 2 aliphatic rings. The number of cyclic esters (lactones) is 4. The Kier molecular flexibility index (Phi) is 11.4. The fourth-order valence-corrected chi connectivity index (χ4v) is 2.44. The van der Waals surface area contributed by atoms with Crippen molar-refractivity contribution in [2.75, 3.05) is 40.1 Å². The first-order valence-corrected chi connectivity index (χ1v) is 10.5. The molecule has 2 N–H and O–H groups in total. The SMILES string of the molecule is COCC(=O)OCC1COC(=O)O1.Cc1ccc(S(=O)(=O)O)cc1.O=C1OCC(CO)O1. The van der Waals surface area contributed by atoms with Crippen molar-refractivity contribution in [3.05, 3.63) is 29.8 Å². The number of aryl methyl sites for hydroxylation is 1. The van der Waals surface area contributed by atoms with Gasteiger partial charge in [0.25, 0.3) is 10.1 Å². The van der Waals surface area contributed by atoms with Crippen LogP contribution in [-0.2, 0) is 43.3 Å². The van der Waals surface area contributed by atoms with Crippen molar-refractivity contribution in [3.8, 4) is 0 Å². The summed E-state index contributed by atoms with van der Waals surface area (Å²) in [6.45, 7) is 1.88. The molecule has 1 aromatic carbocycles. The Morgan fingerprint density at radius 2 is 1.59 bits per heavy atom. The highest BCUT2D eigenvalue weighted by Crippen LogP contribution is 2.08. The number of carbonyl (C=O) groups is 3. The van der Waals surface area contributed by atoms with Crippen molar-refractivity contribution in [1.82, 2.24) is 0 Å². The number of ether oxygens (including phenoxy) is 6. The lowest BCUT2D eigenvalue weighted by molar-refractivity contribution is -0.150. The molecule has 14 heteroatoms. The smallest absolute Gasteiger partial charge is 0.460 e. The van der Waals surface area contributed by atoms with Crippen molar-refractivity contribution in [1.29, 1.82) is 0 Å². The van der Waals surface area contributed by atoms with E-state index in [4.69, 9.17) is 14.4 Å². The van der Waals surface area contributed by atoms with E-state index in [0.717, 1.165) is 5.56 Å². The summed E-state index contributed by atoms with van der Waals surface area (Å²) < 4.78 is 56.6. The molecule has 0 bridgehead atoms. The maximum absolute atomic E-state index is 10.8. The first kappa shape index (κ1) is 27.1. The molecular formula is C18H24O13S. The lowest BCUT2D eigenvalue weighted by atomic mass is 10.2. The Bertz CT molecular complexity index is 850. The van der Waals surface area contributed by atoms with Crippen LogP contribution in [0.2, 0.25) is 0 Å². The van der Waals surface area contributed by atoms with Crippen LogP contribution in [0.3, 0.4) is 0 Å². The molecule has 0 aromatic heterocycles. The molecular weight excluding hydrogens is 456 g/mol. The number of aliphatic hydroxyl groups excluding tert-OH is 1. The molecule has 13 nitrogen and oxygen atoms in total. The van der Waals surface area contributed by atoms with Crippen molar-refractivity contribution in [3.63, 3.8) is 0 Å². The van der Waals surface area contributed by atoms with Crippen LogP contribution in [0.1, 0.15) is 5.56 Å². The Morgan fingerprint density at radius 3 is 1.97 bits per heavy atom. The molecule has 3 rings (SSSR count). The molecule has 2 unspecified atom stereocenters. The quantitative estimate of drug-likeness (QED) is 0.326. The third-order valence-electron chi connectivity index (χ3n) is 3.51. The molecule has 0 aliphatic carbocycles. The maximum Gasteiger partial charge on any atom is 0.508 e. The summed E-state index contributed by atoms with van der Waals surface area (Å²) in [5, 5.41) is 8.33. The van der Waals surface area contributed by atoms with Crippen LogP contribution in [0, 0.1) is 6.92 Å². The first-order chi connectivity index (χ1) is 15.0. The number of esters is 1. The molecule has 2 saturated heterocycles. The molecule has 0 amide bonds. The van der Waals surface area contributed by atoms with Crippen LogP contribution in [0.15, 0.2) is 29.2 Å². The normalized spacial score (nSPS) is 19.1. The van der Waals surface area contributed by atoms with Gasteiger partial charge in [0.1, 0.15) is 26.4 Å². The molecule has 32 heavy (non-hydrogen) atoms. The number of hydrogen-bond acceptors (Lipinski definition) is 12. The van der Waals surface area contributed by atoms with Gasteiger partial charge in [-0.3, -0.25) is 4.55 Å². The molecule has 180 valence electrons. The van der Waals surface area contributed by atoms with Crippen LogP contribution in [0.25, 0.3) is 0 Å². The summed E-state index contributed by atoms with van der Waals surface area (Å²) >= 11 is 0. The van der Waals surface area contributed by atoms with Gasteiger partial charge < -0.3 is 33.5 Å². The Morgan fingerprint density at radius 1 is 1.06 bits per heavy atom. The average molecular weight is 480 g/mol. The molecule has 2 aliphatic heterocycles. The first-order valence-electron chi connectivity index (χ1n) is 9.01. The number of benzene rings is 1. The largest absolute Gasteiger partial charge is 0.508 e. The van der Waals surface area contributed by atoms with Gasteiger partial charge in [-0.1, -0.05) is 17.7 Å². The van der Waals surface area contributed by atoms with Gasteiger partial charge in [0.15, 0.2) is 12.2 Å². The maximum atomic E-state index is 10.8. The van der Waals surface area contributed by atoms with E-state index in [0.29, 0.717) is 0 Å². The van der Waals surface area contributed by atoms with Gasteiger partial charge in [-0.25, -0.2) is 14.4 Å². The summed E-state index contributed by atoms with van der Waals surface area (Å²) in [4.78, 5) is 31.2. The van der Waals surface area contributed by atoms with Crippen LogP contribution in [0.4, 0.5) is 9.59 Å². The fourth-order valence-electron chi connectivity index (χ4n) is 1.96. The number of rotatable bonds is 6. The third-order valence-corrected chi connectivity index (χ3v) is 4.38. The fraction of sp³-hybridized carbons (Fsp3) is 0.500. The second-order valence-electron chi connectivity index (χ2n) is 6.19. The van der Waals surface area contributed by atoms with Gasteiger partial charge in [0.2, 0.25) is 0 Å². The topological polar surface area (TPSA) is 181 Å². The van der Waals surface area contributed by atoms with Gasteiger partial charge in [0, 0.05) is 7.11 Å². The zero-order chi connectivity index (χ0) is 24.1.